The molecule has 1 atom stereocenters. The highest BCUT2D eigenvalue weighted by Gasteiger charge is 2.55. The summed E-state index contributed by atoms with van der Waals surface area (Å²) in [6.45, 7) is 3.60. The van der Waals surface area contributed by atoms with Crippen LogP contribution >= 0.6 is 0 Å². The van der Waals surface area contributed by atoms with Gasteiger partial charge >= 0.3 is 31.1 Å². The van der Waals surface area contributed by atoms with E-state index in [1.54, 1.807) is 0 Å². The molecule has 0 spiro atoms. The fraction of sp³-hybridized carbons (Fsp3) is 1.00. The predicted molar refractivity (Wildman–Crippen MR) is 78.3 cm³/mol. The summed E-state index contributed by atoms with van der Waals surface area (Å²) in [7, 11) is -10.9. The SMILES string of the molecule is CCCCC1CCCN1C.O=S(=O)(NS(=O)(=O)C(F)(F)F)C(F)(F)F. The summed E-state index contributed by atoms with van der Waals surface area (Å²) in [5.74, 6) is 0. The Morgan fingerprint density at radius 1 is 1.00 bits per heavy atom. The summed E-state index contributed by atoms with van der Waals surface area (Å²) in [4.78, 5) is 2.51. The highest BCUT2D eigenvalue weighted by Crippen LogP contribution is 2.27. The summed E-state index contributed by atoms with van der Waals surface area (Å²) in [6, 6.07) is 0.917. The van der Waals surface area contributed by atoms with E-state index in [-0.39, 0.29) is 0 Å². The van der Waals surface area contributed by atoms with Crippen molar-refractivity contribution < 1.29 is 43.2 Å². The Balaban J connectivity index is 0.000000496. The van der Waals surface area contributed by atoms with E-state index < -0.39 is 35.2 Å². The lowest BCUT2D eigenvalue weighted by Gasteiger charge is -2.18. The molecule has 0 radical (unpaired) electrons. The van der Waals surface area contributed by atoms with Gasteiger partial charge in [-0.1, -0.05) is 23.9 Å². The Bertz CT molecular complexity index is 573. The van der Waals surface area contributed by atoms with Crippen LogP contribution in [0.5, 0.6) is 0 Å². The molecule has 1 rings (SSSR count). The van der Waals surface area contributed by atoms with Gasteiger partial charge in [-0.3, -0.25) is 0 Å². The van der Waals surface area contributed by atoms with Gasteiger partial charge in [-0.15, -0.1) is 0 Å². The Labute approximate surface area is 142 Å². The first-order chi connectivity index (χ1) is 11.0. The Hall–Kier alpha value is -0.600. The maximum absolute atomic E-state index is 11.5. The first kappa shape index (κ1) is 24.4. The second kappa shape index (κ2) is 8.86. The third-order valence-corrected chi connectivity index (χ3v) is 6.37. The number of sulfonamides is 2. The molecule has 152 valence electrons. The second-order valence-corrected chi connectivity index (χ2v) is 9.01. The fourth-order valence-corrected chi connectivity index (χ4v) is 3.93. The van der Waals surface area contributed by atoms with Crippen molar-refractivity contribution in [1.82, 2.24) is 9.03 Å². The molecule has 0 aliphatic carbocycles. The van der Waals surface area contributed by atoms with Crippen LogP contribution in [0.15, 0.2) is 0 Å². The highest BCUT2D eigenvalue weighted by atomic mass is 32.3. The molecule has 25 heavy (non-hydrogen) atoms. The normalized spacial score (nSPS) is 20.2. The quantitative estimate of drug-likeness (QED) is 0.689. The van der Waals surface area contributed by atoms with Crippen LogP contribution in [0, 0.1) is 0 Å². The third kappa shape index (κ3) is 7.66. The number of nitrogens with one attached hydrogen (secondary N) is 1. The van der Waals surface area contributed by atoms with E-state index in [2.05, 4.69) is 18.9 Å². The fourth-order valence-electron chi connectivity index (χ4n) is 2.02. The Kier molecular flexibility index (Phi) is 8.65. The topological polar surface area (TPSA) is 83.6 Å². The molecule has 1 aliphatic heterocycles. The molecule has 1 unspecified atom stereocenters. The Morgan fingerprint density at radius 2 is 1.44 bits per heavy atom. The first-order valence-corrected chi connectivity index (χ1v) is 10.1. The second-order valence-electron chi connectivity index (χ2n) is 5.40. The van der Waals surface area contributed by atoms with Gasteiger partial charge in [0.05, 0.1) is 0 Å². The van der Waals surface area contributed by atoms with Gasteiger partial charge < -0.3 is 4.90 Å². The van der Waals surface area contributed by atoms with Gasteiger partial charge in [0.1, 0.15) is 0 Å². The highest BCUT2D eigenvalue weighted by molar-refractivity contribution is 8.05. The zero-order valence-corrected chi connectivity index (χ0v) is 15.1. The predicted octanol–water partition coefficient (Wildman–Crippen LogP) is 2.55. The van der Waals surface area contributed by atoms with Crippen molar-refractivity contribution in [1.29, 1.82) is 0 Å². The number of rotatable bonds is 5. The number of halogens is 6. The molecule has 0 amide bonds. The van der Waals surface area contributed by atoms with Gasteiger partial charge in [0.2, 0.25) is 0 Å². The zero-order chi connectivity index (χ0) is 20.1. The standard InChI is InChI=1S/C9H19N.C2HF6NO4S2/c1-3-4-6-9-7-5-8-10(9)2;3-1(4,5)14(10,11)9-15(12,13)2(6,7)8/h9H,3-8H2,1-2H3;9H. The molecule has 1 saturated heterocycles. The molecule has 14 heteroatoms. The molecule has 0 saturated carbocycles. The van der Waals surface area contributed by atoms with Crippen molar-refractivity contribution in [3.8, 4) is 0 Å². The number of hydrogen-bond donors (Lipinski definition) is 1. The summed E-state index contributed by atoms with van der Waals surface area (Å²) in [5, 5.41) is 0. The van der Waals surface area contributed by atoms with Crippen molar-refractivity contribution >= 4 is 20.0 Å². The number of hydrogen-bond acceptors (Lipinski definition) is 5. The van der Waals surface area contributed by atoms with Crippen LogP contribution in [0.4, 0.5) is 26.3 Å². The minimum Gasteiger partial charge on any atom is -0.303 e. The van der Waals surface area contributed by atoms with Crippen molar-refractivity contribution in [2.24, 2.45) is 0 Å². The van der Waals surface area contributed by atoms with Gasteiger partial charge in [0.25, 0.3) is 0 Å². The smallest absolute Gasteiger partial charge is 0.303 e. The van der Waals surface area contributed by atoms with Crippen LogP contribution in [-0.2, 0) is 20.0 Å². The maximum Gasteiger partial charge on any atom is 0.512 e. The van der Waals surface area contributed by atoms with E-state index in [1.807, 2.05) is 0 Å². The lowest BCUT2D eigenvalue weighted by atomic mass is 10.1. The van der Waals surface area contributed by atoms with E-state index in [0.717, 1.165) is 6.04 Å². The van der Waals surface area contributed by atoms with Crippen molar-refractivity contribution in [3.05, 3.63) is 0 Å². The molecule has 1 aliphatic rings. The maximum atomic E-state index is 11.5. The monoisotopic (exact) mass is 422 g/mol. The van der Waals surface area contributed by atoms with Gasteiger partial charge in [-0.25, -0.2) is 16.8 Å². The number of likely N-dealkylation sites (tertiary alicyclic amines) is 1. The molecule has 1 fully saturated rings. The van der Waals surface area contributed by atoms with Gasteiger partial charge in [0, 0.05) is 6.04 Å². The van der Waals surface area contributed by atoms with E-state index in [0.29, 0.717) is 0 Å². The molecule has 1 heterocycles. The van der Waals surface area contributed by atoms with Crippen LogP contribution in [0.1, 0.15) is 39.0 Å². The molecule has 0 aromatic carbocycles. The molecule has 6 nitrogen and oxygen atoms in total. The van der Waals surface area contributed by atoms with Crippen LogP contribution in [0.3, 0.4) is 0 Å². The summed E-state index contributed by atoms with van der Waals surface area (Å²) >= 11 is 0. The van der Waals surface area contributed by atoms with Crippen molar-refractivity contribution in [2.45, 2.75) is 56.1 Å². The lowest BCUT2D eigenvalue weighted by Crippen LogP contribution is -2.45. The summed E-state index contributed by atoms with van der Waals surface area (Å²) < 4.78 is 108. The largest absolute Gasteiger partial charge is 0.512 e. The molecule has 1 N–H and O–H groups in total. The van der Waals surface area contributed by atoms with E-state index >= 15 is 0 Å². The molecular formula is C11H20F6N2O4S2. The summed E-state index contributed by atoms with van der Waals surface area (Å²) in [6.07, 6.45) is 7.05. The van der Waals surface area contributed by atoms with Crippen LogP contribution in [-0.4, -0.2) is 52.4 Å². The average molecular weight is 422 g/mol. The number of alkyl halides is 6. The first-order valence-electron chi connectivity index (χ1n) is 7.16. The minimum atomic E-state index is -6.60. The van der Waals surface area contributed by atoms with E-state index in [9.17, 15) is 43.2 Å². The van der Waals surface area contributed by atoms with Gasteiger partial charge in [-0.2, -0.15) is 26.3 Å². The van der Waals surface area contributed by atoms with Crippen LogP contribution < -0.4 is 4.13 Å². The third-order valence-electron chi connectivity index (χ3n) is 3.39. The van der Waals surface area contributed by atoms with Crippen LogP contribution in [0.25, 0.3) is 0 Å². The zero-order valence-electron chi connectivity index (χ0n) is 13.5. The van der Waals surface area contributed by atoms with Gasteiger partial charge in [-0.05, 0) is 32.9 Å². The molecule has 0 aromatic rings. The molecular weight excluding hydrogens is 402 g/mol. The van der Waals surface area contributed by atoms with Crippen molar-refractivity contribution in [3.63, 3.8) is 0 Å². The Morgan fingerprint density at radius 3 is 1.72 bits per heavy atom. The van der Waals surface area contributed by atoms with Crippen molar-refractivity contribution in [2.75, 3.05) is 13.6 Å². The van der Waals surface area contributed by atoms with Gasteiger partial charge in [0.15, 0.2) is 0 Å². The van der Waals surface area contributed by atoms with Crippen LogP contribution in [0.2, 0.25) is 0 Å². The lowest BCUT2D eigenvalue weighted by molar-refractivity contribution is -0.0476. The summed E-state index contributed by atoms with van der Waals surface area (Å²) in [5.41, 5.74) is -12.3. The number of nitrogens with zero attached hydrogens (tertiary/aromatic N) is 1. The van der Waals surface area contributed by atoms with E-state index in [4.69, 9.17) is 0 Å². The average Bonchev–Trinajstić information content (AvgIpc) is 2.78. The number of unbranched alkanes of at least 4 members (excludes halogenated alkanes) is 1. The van der Waals surface area contributed by atoms with E-state index in [1.165, 1.54) is 38.6 Å². The molecule has 0 bridgehead atoms. The minimum absolute atomic E-state index is 0.493. The molecule has 0 aromatic heterocycles.